The number of rotatable bonds is 4. The third-order valence-corrected chi connectivity index (χ3v) is 5.69. The molecule has 1 N–H and O–H groups in total. The standard InChI is InChI=1S/C17H12ClN5O2S2/c1-9-21-22-17(27-9)20-13(24)6-23-8-19-15-14(16(23)25)12(7-26-15)10-2-4-11(18)5-3-10/h2-5,7-8H,6H2,1H3,(H,20,22,24). The summed E-state index contributed by atoms with van der Waals surface area (Å²) in [5, 5.41) is 14.5. The van der Waals surface area contributed by atoms with Crippen LogP contribution < -0.4 is 10.9 Å². The average Bonchev–Trinajstić information content (AvgIpc) is 3.25. The summed E-state index contributed by atoms with van der Waals surface area (Å²) in [6.07, 6.45) is 1.39. The van der Waals surface area contributed by atoms with Crippen molar-refractivity contribution in [1.82, 2.24) is 19.7 Å². The van der Waals surface area contributed by atoms with E-state index < -0.39 is 0 Å². The first-order chi connectivity index (χ1) is 13.0. The number of hydrogen-bond donors (Lipinski definition) is 1. The van der Waals surface area contributed by atoms with Crippen LogP contribution in [0, 0.1) is 6.92 Å². The first kappa shape index (κ1) is 17.8. The van der Waals surface area contributed by atoms with Crippen LogP contribution >= 0.6 is 34.3 Å². The molecule has 1 aromatic carbocycles. The lowest BCUT2D eigenvalue weighted by Gasteiger charge is -2.06. The largest absolute Gasteiger partial charge is 0.299 e. The molecule has 0 bridgehead atoms. The number of aromatic nitrogens is 4. The van der Waals surface area contributed by atoms with Gasteiger partial charge in [0.25, 0.3) is 5.56 Å². The number of halogens is 1. The molecule has 0 radical (unpaired) electrons. The summed E-state index contributed by atoms with van der Waals surface area (Å²) in [6, 6.07) is 7.25. The highest BCUT2D eigenvalue weighted by molar-refractivity contribution is 7.17. The van der Waals surface area contributed by atoms with Crippen LogP contribution in [0.25, 0.3) is 21.3 Å². The van der Waals surface area contributed by atoms with E-state index in [1.54, 1.807) is 19.1 Å². The lowest BCUT2D eigenvalue weighted by Crippen LogP contribution is -2.27. The van der Waals surface area contributed by atoms with Crippen molar-refractivity contribution < 1.29 is 4.79 Å². The van der Waals surface area contributed by atoms with Crippen molar-refractivity contribution in [1.29, 1.82) is 0 Å². The van der Waals surface area contributed by atoms with Crippen LogP contribution in [-0.4, -0.2) is 25.7 Å². The number of benzene rings is 1. The first-order valence-electron chi connectivity index (χ1n) is 7.84. The van der Waals surface area contributed by atoms with Gasteiger partial charge >= 0.3 is 0 Å². The fourth-order valence-corrected chi connectivity index (χ4v) is 4.22. The Balaban J connectivity index is 1.67. The Morgan fingerprint density at radius 1 is 1.26 bits per heavy atom. The van der Waals surface area contributed by atoms with Gasteiger partial charge in [-0.25, -0.2) is 4.98 Å². The quantitative estimate of drug-likeness (QED) is 0.548. The third kappa shape index (κ3) is 3.61. The first-order valence-corrected chi connectivity index (χ1v) is 9.91. The van der Waals surface area contributed by atoms with Gasteiger partial charge in [-0.3, -0.25) is 19.5 Å². The maximum Gasteiger partial charge on any atom is 0.263 e. The number of carbonyl (C=O) groups excluding carboxylic acids is 1. The van der Waals surface area contributed by atoms with Crippen LogP contribution in [0.2, 0.25) is 5.02 Å². The maximum atomic E-state index is 12.9. The molecule has 4 rings (SSSR count). The molecule has 0 saturated heterocycles. The molecule has 3 aromatic heterocycles. The molecule has 3 heterocycles. The molecule has 0 aliphatic rings. The highest BCUT2D eigenvalue weighted by atomic mass is 35.5. The molecule has 0 atom stereocenters. The van der Waals surface area contributed by atoms with E-state index in [9.17, 15) is 9.59 Å². The molecule has 0 aliphatic heterocycles. The van der Waals surface area contributed by atoms with Crippen LogP contribution in [0.4, 0.5) is 5.13 Å². The Hall–Kier alpha value is -2.62. The zero-order chi connectivity index (χ0) is 19.0. The van der Waals surface area contributed by atoms with Gasteiger partial charge in [0, 0.05) is 16.0 Å². The minimum Gasteiger partial charge on any atom is -0.299 e. The number of carbonyl (C=O) groups is 1. The minimum absolute atomic E-state index is 0.156. The van der Waals surface area contributed by atoms with Gasteiger partial charge in [0.2, 0.25) is 11.0 Å². The normalized spacial score (nSPS) is 11.0. The van der Waals surface area contributed by atoms with Crippen molar-refractivity contribution in [2.45, 2.75) is 13.5 Å². The zero-order valence-corrected chi connectivity index (χ0v) is 16.4. The number of hydrogen-bond acceptors (Lipinski definition) is 7. The number of thiophene rings is 1. The Morgan fingerprint density at radius 2 is 2.04 bits per heavy atom. The molecule has 0 fully saturated rings. The van der Waals surface area contributed by atoms with E-state index in [0.29, 0.717) is 20.4 Å². The van der Waals surface area contributed by atoms with Crippen LogP contribution in [0.5, 0.6) is 0 Å². The van der Waals surface area contributed by atoms with Gasteiger partial charge in [0.05, 0.1) is 11.7 Å². The SMILES string of the molecule is Cc1nnc(NC(=O)Cn2cnc3scc(-c4ccc(Cl)cc4)c3c2=O)s1. The molecule has 27 heavy (non-hydrogen) atoms. The molecule has 7 nitrogen and oxygen atoms in total. The summed E-state index contributed by atoms with van der Waals surface area (Å²) in [5.41, 5.74) is 1.38. The number of aryl methyl sites for hydroxylation is 1. The zero-order valence-electron chi connectivity index (χ0n) is 14.0. The lowest BCUT2D eigenvalue weighted by molar-refractivity contribution is -0.116. The predicted octanol–water partition coefficient (Wildman–Crippen LogP) is 3.58. The molecule has 136 valence electrons. The van der Waals surface area contributed by atoms with Crippen molar-refractivity contribution in [2.24, 2.45) is 0 Å². The highest BCUT2D eigenvalue weighted by Gasteiger charge is 2.15. The van der Waals surface area contributed by atoms with Crippen molar-refractivity contribution in [3.8, 4) is 11.1 Å². The Kier molecular flexibility index (Phi) is 4.73. The molecule has 0 saturated carbocycles. The number of fused-ring (bicyclic) bond motifs is 1. The van der Waals surface area contributed by atoms with Crippen molar-refractivity contribution in [2.75, 3.05) is 5.32 Å². The van der Waals surface area contributed by atoms with Crippen molar-refractivity contribution >= 4 is 55.5 Å². The van der Waals surface area contributed by atoms with Crippen LogP contribution in [0.15, 0.2) is 40.8 Å². The summed E-state index contributed by atoms with van der Waals surface area (Å²) in [6.45, 7) is 1.64. The monoisotopic (exact) mass is 417 g/mol. The van der Waals surface area contributed by atoms with E-state index in [4.69, 9.17) is 11.6 Å². The summed E-state index contributed by atoms with van der Waals surface area (Å²) < 4.78 is 1.29. The van der Waals surface area contributed by atoms with Gasteiger partial charge in [-0.1, -0.05) is 35.1 Å². The molecule has 0 spiro atoms. The summed E-state index contributed by atoms with van der Waals surface area (Å²) in [4.78, 5) is 30.1. The second-order valence-corrected chi connectivity index (χ2v) is 8.16. The lowest BCUT2D eigenvalue weighted by atomic mass is 10.1. The van der Waals surface area contributed by atoms with Gasteiger partial charge in [-0.2, -0.15) is 0 Å². The summed E-state index contributed by atoms with van der Waals surface area (Å²) in [5.74, 6) is -0.363. The molecular formula is C17H12ClN5O2S2. The van der Waals surface area contributed by atoms with Crippen LogP contribution in [-0.2, 0) is 11.3 Å². The third-order valence-electron chi connectivity index (χ3n) is 3.80. The van der Waals surface area contributed by atoms with Gasteiger partial charge in [-0.05, 0) is 24.6 Å². The topological polar surface area (TPSA) is 89.8 Å². The Bertz CT molecular complexity index is 1200. The number of anilines is 1. The molecule has 4 aromatic rings. The van der Waals surface area contributed by atoms with E-state index in [-0.39, 0.29) is 18.0 Å². The van der Waals surface area contributed by atoms with E-state index in [2.05, 4.69) is 20.5 Å². The summed E-state index contributed by atoms with van der Waals surface area (Å²) >= 11 is 8.60. The highest BCUT2D eigenvalue weighted by Crippen LogP contribution is 2.31. The van der Waals surface area contributed by atoms with Gasteiger partial charge < -0.3 is 0 Å². The molecule has 1 amide bonds. The van der Waals surface area contributed by atoms with Crippen molar-refractivity contribution in [3.63, 3.8) is 0 Å². The second kappa shape index (κ2) is 7.18. The molecule has 0 aliphatic carbocycles. The fourth-order valence-electron chi connectivity index (χ4n) is 2.58. The Labute approximate surface area is 166 Å². The van der Waals surface area contributed by atoms with E-state index >= 15 is 0 Å². The maximum absolute atomic E-state index is 12.9. The molecule has 10 heteroatoms. The van der Waals surface area contributed by atoms with E-state index in [1.165, 1.54) is 33.6 Å². The number of amides is 1. The summed E-state index contributed by atoms with van der Waals surface area (Å²) in [7, 11) is 0. The second-order valence-electron chi connectivity index (χ2n) is 5.69. The smallest absolute Gasteiger partial charge is 0.263 e. The van der Waals surface area contributed by atoms with Gasteiger partial charge in [0.1, 0.15) is 16.4 Å². The van der Waals surface area contributed by atoms with E-state index in [1.807, 2.05) is 17.5 Å². The Morgan fingerprint density at radius 3 is 2.74 bits per heavy atom. The fraction of sp³-hybridized carbons (Fsp3) is 0.118. The van der Waals surface area contributed by atoms with E-state index in [0.717, 1.165) is 16.1 Å². The molecule has 0 unspecified atom stereocenters. The minimum atomic E-state index is -0.363. The van der Waals surface area contributed by atoms with Crippen LogP contribution in [0.1, 0.15) is 5.01 Å². The number of nitrogens with zero attached hydrogens (tertiary/aromatic N) is 4. The van der Waals surface area contributed by atoms with Crippen molar-refractivity contribution in [3.05, 3.63) is 56.4 Å². The number of nitrogens with one attached hydrogen (secondary N) is 1. The van der Waals surface area contributed by atoms with Crippen LogP contribution in [0.3, 0.4) is 0 Å². The average molecular weight is 418 g/mol. The predicted molar refractivity (Wildman–Crippen MR) is 108 cm³/mol. The van der Waals surface area contributed by atoms with Gasteiger partial charge in [0.15, 0.2) is 0 Å². The van der Waals surface area contributed by atoms with Gasteiger partial charge in [-0.15, -0.1) is 21.5 Å². The molecular weight excluding hydrogens is 406 g/mol.